The molecule has 1 fully saturated rings. The molecule has 5 rings (SSSR count). The molecule has 6 nitrogen and oxygen atoms in total. The quantitative estimate of drug-likeness (QED) is 0.340. The third kappa shape index (κ3) is 4.18. The third-order valence-electron chi connectivity index (χ3n) is 5.54. The number of carbonyl (C=O) groups excluding carboxylic acids is 1. The van der Waals surface area contributed by atoms with Crippen LogP contribution >= 0.6 is 23.1 Å². The fraction of sp³-hybridized carbons (Fsp3) is 0.292. The van der Waals surface area contributed by atoms with Gasteiger partial charge in [0.2, 0.25) is 5.91 Å². The number of rotatable bonds is 6. The number of hydrogen-bond acceptors (Lipinski definition) is 6. The number of nitrogens with one attached hydrogen (secondary N) is 1. The lowest BCUT2D eigenvalue weighted by molar-refractivity contribution is -0.119. The maximum Gasteiger partial charge on any atom is 0.276 e. The SMILES string of the molecule is Cc1ccc(-n2c(SCC(=O)NC[C@H]3CCCO3)nc3c(sc4ccccc43)c2=O)cc1. The number of thiophene rings is 1. The highest BCUT2D eigenvalue weighted by Crippen LogP contribution is 2.32. The fourth-order valence-corrected chi connectivity index (χ4v) is 5.76. The smallest absolute Gasteiger partial charge is 0.276 e. The molecule has 1 saturated heterocycles. The summed E-state index contributed by atoms with van der Waals surface area (Å²) in [4.78, 5) is 30.9. The predicted octanol–water partition coefficient (Wildman–Crippen LogP) is 4.30. The van der Waals surface area contributed by atoms with E-state index in [-0.39, 0.29) is 23.3 Å². The lowest BCUT2D eigenvalue weighted by Crippen LogP contribution is -2.33. The minimum Gasteiger partial charge on any atom is -0.376 e. The van der Waals surface area contributed by atoms with Gasteiger partial charge in [0.1, 0.15) is 4.70 Å². The van der Waals surface area contributed by atoms with Crippen LogP contribution in [-0.4, -0.2) is 40.5 Å². The van der Waals surface area contributed by atoms with Crippen molar-refractivity contribution in [3.63, 3.8) is 0 Å². The summed E-state index contributed by atoms with van der Waals surface area (Å²) in [7, 11) is 0. The van der Waals surface area contributed by atoms with Crippen molar-refractivity contribution >= 4 is 49.3 Å². The highest BCUT2D eigenvalue weighted by atomic mass is 32.2. The van der Waals surface area contributed by atoms with Crippen molar-refractivity contribution in [1.82, 2.24) is 14.9 Å². The fourth-order valence-electron chi connectivity index (χ4n) is 3.85. The number of nitrogens with zero attached hydrogens (tertiary/aromatic N) is 2. The molecule has 0 bridgehead atoms. The molecular weight excluding hydrogens is 442 g/mol. The van der Waals surface area contributed by atoms with Gasteiger partial charge in [0, 0.05) is 23.2 Å². The first-order chi connectivity index (χ1) is 15.6. The Bertz CT molecular complexity index is 1340. The van der Waals surface area contributed by atoms with Crippen LogP contribution in [0.1, 0.15) is 18.4 Å². The summed E-state index contributed by atoms with van der Waals surface area (Å²) in [6.07, 6.45) is 2.11. The van der Waals surface area contributed by atoms with Gasteiger partial charge in [-0.25, -0.2) is 4.98 Å². The zero-order chi connectivity index (χ0) is 22.1. The molecular formula is C24H23N3O3S2. The number of carbonyl (C=O) groups is 1. The molecule has 1 aliphatic heterocycles. The summed E-state index contributed by atoms with van der Waals surface area (Å²) in [5.74, 6) is 0.0870. The van der Waals surface area contributed by atoms with Crippen LogP contribution in [0.4, 0.5) is 0 Å². The van der Waals surface area contributed by atoms with E-state index in [1.54, 1.807) is 4.57 Å². The Morgan fingerprint density at radius 1 is 1.25 bits per heavy atom. The average molecular weight is 466 g/mol. The van der Waals surface area contributed by atoms with E-state index < -0.39 is 0 Å². The summed E-state index contributed by atoms with van der Waals surface area (Å²) in [6, 6.07) is 15.7. The van der Waals surface area contributed by atoms with Gasteiger partial charge in [-0.3, -0.25) is 14.2 Å². The number of ether oxygens (including phenoxy) is 1. The minimum absolute atomic E-state index is 0.0921. The molecule has 2 aromatic carbocycles. The van der Waals surface area contributed by atoms with Crippen LogP contribution in [0.15, 0.2) is 58.5 Å². The maximum absolute atomic E-state index is 13.6. The number of benzene rings is 2. The van der Waals surface area contributed by atoms with Crippen LogP contribution in [0.2, 0.25) is 0 Å². The number of aryl methyl sites for hydroxylation is 1. The Kier molecular flexibility index (Phi) is 5.99. The van der Waals surface area contributed by atoms with Gasteiger partial charge in [0.25, 0.3) is 5.56 Å². The van der Waals surface area contributed by atoms with Crippen molar-refractivity contribution in [2.24, 2.45) is 0 Å². The van der Waals surface area contributed by atoms with Gasteiger partial charge in [-0.2, -0.15) is 0 Å². The van der Waals surface area contributed by atoms with E-state index in [2.05, 4.69) is 5.32 Å². The molecule has 0 saturated carbocycles. The van der Waals surface area contributed by atoms with Gasteiger partial charge in [-0.05, 0) is 38.0 Å². The van der Waals surface area contributed by atoms with Gasteiger partial charge in [0.15, 0.2) is 5.16 Å². The molecule has 164 valence electrons. The standard InChI is InChI=1S/C24H23N3O3S2/c1-15-8-10-16(11-9-15)27-23(29)22-21(18-6-2-3-7-19(18)32-22)26-24(27)31-14-20(28)25-13-17-5-4-12-30-17/h2-3,6-11,17H,4-5,12-14H2,1H3,(H,25,28)/t17-/m1/s1. The van der Waals surface area contributed by atoms with E-state index >= 15 is 0 Å². The van der Waals surface area contributed by atoms with Crippen molar-refractivity contribution in [2.45, 2.75) is 31.0 Å². The molecule has 1 aliphatic rings. The first kappa shape index (κ1) is 21.2. The van der Waals surface area contributed by atoms with E-state index in [0.29, 0.717) is 21.9 Å². The molecule has 0 aliphatic carbocycles. The highest BCUT2D eigenvalue weighted by Gasteiger charge is 2.19. The molecule has 0 unspecified atom stereocenters. The molecule has 4 aromatic rings. The highest BCUT2D eigenvalue weighted by molar-refractivity contribution is 7.99. The largest absolute Gasteiger partial charge is 0.376 e. The first-order valence-electron chi connectivity index (χ1n) is 10.6. The van der Waals surface area contributed by atoms with E-state index in [1.165, 1.54) is 23.1 Å². The molecule has 0 spiro atoms. The van der Waals surface area contributed by atoms with Gasteiger partial charge in [0.05, 0.1) is 23.1 Å². The Morgan fingerprint density at radius 3 is 2.84 bits per heavy atom. The molecule has 8 heteroatoms. The monoisotopic (exact) mass is 465 g/mol. The summed E-state index contributed by atoms with van der Waals surface area (Å²) >= 11 is 2.74. The number of fused-ring (bicyclic) bond motifs is 3. The van der Waals surface area contributed by atoms with E-state index in [4.69, 9.17) is 9.72 Å². The summed E-state index contributed by atoms with van der Waals surface area (Å²) in [5.41, 5.74) is 2.44. The third-order valence-corrected chi connectivity index (χ3v) is 7.63. The molecule has 1 amide bonds. The second-order valence-corrected chi connectivity index (χ2v) is 9.87. The average Bonchev–Trinajstić information content (AvgIpc) is 3.45. The molecule has 1 atom stereocenters. The zero-order valence-electron chi connectivity index (χ0n) is 17.7. The van der Waals surface area contributed by atoms with Crippen molar-refractivity contribution in [3.8, 4) is 5.69 Å². The number of hydrogen-bond donors (Lipinski definition) is 1. The van der Waals surface area contributed by atoms with Crippen molar-refractivity contribution < 1.29 is 9.53 Å². The maximum atomic E-state index is 13.6. The topological polar surface area (TPSA) is 73.2 Å². The normalized spacial score (nSPS) is 16.1. The number of amides is 1. The van der Waals surface area contributed by atoms with Crippen LogP contribution in [0.25, 0.3) is 26.0 Å². The predicted molar refractivity (Wildman–Crippen MR) is 130 cm³/mol. The summed E-state index contributed by atoms with van der Waals surface area (Å²) in [6.45, 7) is 3.29. The molecule has 0 radical (unpaired) electrons. The Balaban J connectivity index is 1.50. The second kappa shape index (κ2) is 9.05. The molecule has 1 N–H and O–H groups in total. The number of aromatic nitrogens is 2. The Hall–Kier alpha value is -2.68. The second-order valence-electron chi connectivity index (χ2n) is 7.87. The van der Waals surface area contributed by atoms with Gasteiger partial charge >= 0.3 is 0 Å². The number of thioether (sulfide) groups is 1. The lowest BCUT2D eigenvalue weighted by Gasteiger charge is -2.13. The Morgan fingerprint density at radius 2 is 2.06 bits per heavy atom. The minimum atomic E-state index is -0.109. The van der Waals surface area contributed by atoms with Gasteiger partial charge < -0.3 is 10.1 Å². The van der Waals surface area contributed by atoms with Gasteiger partial charge in [-0.1, -0.05) is 47.7 Å². The Labute approximate surface area is 193 Å². The van der Waals surface area contributed by atoms with Crippen LogP contribution < -0.4 is 10.9 Å². The molecule has 32 heavy (non-hydrogen) atoms. The van der Waals surface area contributed by atoms with E-state index in [0.717, 1.165) is 40.8 Å². The van der Waals surface area contributed by atoms with Crippen molar-refractivity contribution in [2.75, 3.05) is 18.9 Å². The van der Waals surface area contributed by atoms with Crippen LogP contribution in [0, 0.1) is 6.92 Å². The van der Waals surface area contributed by atoms with Crippen LogP contribution in [0.3, 0.4) is 0 Å². The molecule has 3 heterocycles. The lowest BCUT2D eigenvalue weighted by atomic mass is 10.2. The van der Waals surface area contributed by atoms with E-state index in [1.807, 2.05) is 55.5 Å². The molecule has 2 aromatic heterocycles. The summed E-state index contributed by atoms with van der Waals surface area (Å²) in [5, 5.41) is 4.42. The zero-order valence-corrected chi connectivity index (χ0v) is 19.3. The van der Waals surface area contributed by atoms with Gasteiger partial charge in [-0.15, -0.1) is 11.3 Å². The van der Waals surface area contributed by atoms with Crippen LogP contribution in [0.5, 0.6) is 0 Å². The first-order valence-corrected chi connectivity index (χ1v) is 12.4. The van der Waals surface area contributed by atoms with Crippen LogP contribution in [-0.2, 0) is 9.53 Å². The van der Waals surface area contributed by atoms with E-state index in [9.17, 15) is 9.59 Å². The van der Waals surface area contributed by atoms with Crippen molar-refractivity contribution in [1.29, 1.82) is 0 Å². The van der Waals surface area contributed by atoms with Crippen molar-refractivity contribution in [3.05, 3.63) is 64.4 Å². The summed E-state index contributed by atoms with van der Waals surface area (Å²) < 4.78 is 8.84.